The summed E-state index contributed by atoms with van der Waals surface area (Å²) in [5.74, 6) is 1.40. The molecule has 1 amide bonds. The second-order valence-corrected chi connectivity index (χ2v) is 4.82. The molecule has 0 bridgehead atoms. The predicted molar refractivity (Wildman–Crippen MR) is 75.5 cm³/mol. The number of hydrogen-bond donors (Lipinski definition) is 2. The summed E-state index contributed by atoms with van der Waals surface area (Å²) in [4.78, 5) is 20.3. The lowest BCUT2D eigenvalue weighted by atomic mass is 10.3. The van der Waals surface area contributed by atoms with Crippen LogP contribution in [0.4, 0.5) is 5.82 Å². The quantitative estimate of drug-likeness (QED) is 0.789. The van der Waals surface area contributed by atoms with Crippen LogP contribution in [0.25, 0.3) is 0 Å². The van der Waals surface area contributed by atoms with Crippen LogP contribution in [0.2, 0.25) is 0 Å². The van der Waals surface area contributed by atoms with Crippen molar-refractivity contribution in [3.05, 3.63) is 16.5 Å². The molecule has 1 unspecified atom stereocenters. The molecule has 1 aromatic rings. The standard InChI is InChI=1S/C12H19BrN4O/c1-4-6-10-16-9(13)7-11(17-10)15-8(3)12(18)14-5-2/h7-8H,4-6H2,1-3H3,(H,14,18)(H,15,16,17). The van der Waals surface area contributed by atoms with E-state index in [0.717, 1.165) is 23.3 Å². The van der Waals surface area contributed by atoms with Gasteiger partial charge in [-0.15, -0.1) is 0 Å². The van der Waals surface area contributed by atoms with Crippen LogP contribution in [0, 0.1) is 0 Å². The van der Waals surface area contributed by atoms with Gasteiger partial charge in [0.05, 0.1) is 0 Å². The molecule has 0 aliphatic carbocycles. The summed E-state index contributed by atoms with van der Waals surface area (Å²) in [7, 11) is 0. The lowest BCUT2D eigenvalue weighted by Crippen LogP contribution is -2.37. The third-order valence-electron chi connectivity index (χ3n) is 2.32. The smallest absolute Gasteiger partial charge is 0.242 e. The Bertz CT molecular complexity index is 411. The Morgan fingerprint density at radius 2 is 2.17 bits per heavy atom. The number of nitrogens with zero attached hydrogens (tertiary/aromatic N) is 2. The maximum atomic E-state index is 11.6. The highest BCUT2D eigenvalue weighted by Crippen LogP contribution is 2.14. The van der Waals surface area contributed by atoms with E-state index in [-0.39, 0.29) is 11.9 Å². The monoisotopic (exact) mass is 314 g/mol. The summed E-state index contributed by atoms with van der Waals surface area (Å²) in [6.07, 6.45) is 1.81. The zero-order valence-electron chi connectivity index (χ0n) is 11.0. The van der Waals surface area contributed by atoms with Gasteiger partial charge in [0.2, 0.25) is 5.91 Å². The molecular formula is C12H19BrN4O. The number of nitrogens with one attached hydrogen (secondary N) is 2. The molecule has 0 saturated carbocycles. The third-order valence-corrected chi connectivity index (χ3v) is 2.73. The number of likely N-dealkylation sites (N-methyl/N-ethyl adjacent to an activating group) is 1. The van der Waals surface area contributed by atoms with E-state index in [0.29, 0.717) is 12.4 Å². The first-order chi connectivity index (χ1) is 8.56. The van der Waals surface area contributed by atoms with Crippen LogP contribution in [0.5, 0.6) is 0 Å². The van der Waals surface area contributed by atoms with Gasteiger partial charge in [0.25, 0.3) is 0 Å². The highest BCUT2D eigenvalue weighted by atomic mass is 79.9. The van der Waals surface area contributed by atoms with E-state index in [9.17, 15) is 4.79 Å². The summed E-state index contributed by atoms with van der Waals surface area (Å²) in [6, 6.07) is 1.45. The molecule has 0 aromatic carbocycles. The lowest BCUT2D eigenvalue weighted by molar-refractivity contribution is -0.121. The molecule has 1 rings (SSSR count). The van der Waals surface area contributed by atoms with Crippen molar-refractivity contribution in [2.75, 3.05) is 11.9 Å². The van der Waals surface area contributed by atoms with Crippen molar-refractivity contribution in [1.82, 2.24) is 15.3 Å². The summed E-state index contributed by atoms with van der Waals surface area (Å²) >= 11 is 3.35. The minimum absolute atomic E-state index is 0.0377. The van der Waals surface area contributed by atoms with Gasteiger partial charge in [0.1, 0.15) is 22.3 Å². The number of aromatic nitrogens is 2. The van der Waals surface area contributed by atoms with Crippen molar-refractivity contribution in [2.45, 2.75) is 39.7 Å². The number of rotatable bonds is 6. The highest BCUT2D eigenvalue weighted by molar-refractivity contribution is 9.10. The zero-order chi connectivity index (χ0) is 13.5. The van der Waals surface area contributed by atoms with Crippen molar-refractivity contribution in [1.29, 1.82) is 0 Å². The topological polar surface area (TPSA) is 66.9 Å². The average Bonchev–Trinajstić information content (AvgIpc) is 2.28. The van der Waals surface area contributed by atoms with Gasteiger partial charge in [-0.3, -0.25) is 4.79 Å². The van der Waals surface area contributed by atoms with Crippen LogP contribution in [0.1, 0.15) is 33.0 Å². The largest absolute Gasteiger partial charge is 0.358 e. The molecule has 2 N–H and O–H groups in total. The Morgan fingerprint density at radius 1 is 1.44 bits per heavy atom. The molecule has 100 valence electrons. The molecular weight excluding hydrogens is 296 g/mol. The van der Waals surface area contributed by atoms with Crippen molar-refractivity contribution in [2.24, 2.45) is 0 Å². The molecule has 1 heterocycles. The fourth-order valence-corrected chi connectivity index (χ4v) is 1.91. The Hall–Kier alpha value is -1.17. The van der Waals surface area contributed by atoms with E-state index in [4.69, 9.17) is 0 Å². The Morgan fingerprint density at radius 3 is 2.78 bits per heavy atom. The van der Waals surface area contributed by atoms with Crippen molar-refractivity contribution < 1.29 is 4.79 Å². The number of halogens is 1. The van der Waals surface area contributed by atoms with Gasteiger partial charge < -0.3 is 10.6 Å². The second-order valence-electron chi connectivity index (χ2n) is 4.00. The summed E-state index contributed by atoms with van der Waals surface area (Å²) in [5, 5.41) is 5.84. The van der Waals surface area contributed by atoms with E-state index < -0.39 is 0 Å². The van der Waals surface area contributed by atoms with Gasteiger partial charge in [-0.05, 0) is 36.2 Å². The second kappa shape index (κ2) is 7.31. The van der Waals surface area contributed by atoms with Crippen LogP contribution < -0.4 is 10.6 Å². The van der Waals surface area contributed by atoms with Gasteiger partial charge >= 0.3 is 0 Å². The molecule has 0 saturated heterocycles. The maximum Gasteiger partial charge on any atom is 0.242 e. The van der Waals surface area contributed by atoms with Crippen LogP contribution in [0.15, 0.2) is 10.7 Å². The number of carbonyl (C=O) groups is 1. The predicted octanol–water partition coefficient (Wildman–Crippen LogP) is 2.13. The molecule has 5 nitrogen and oxygen atoms in total. The normalized spacial score (nSPS) is 12.0. The summed E-state index contributed by atoms with van der Waals surface area (Å²) in [6.45, 7) is 6.40. The molecule has 0 aliphatic rings. The molecule has 18 heavy (non-hydrogen) atoms. The number of hydrogen-bond acceptors (Lipinski definition) is 4. The van der Waals surface area contributed by atoms with E-state index in [1.807, 2.05) is 6.92 Å². The lowest BCUT2D eigenvalue weighted by Gasteiger charge is -2.14. The summed E-state index contributed by atoms with van der Waals surface area (Å²) in [5.41, 5.74) is 0. The first-order valence-electron chi connectivity index (χ1n) is 6.14. The molecule has 0 aliphatic heterocycles. The van der Waals surface area contributed by atoms with E-state index in [2.05, 4.69) is 43.5 Å². The SMILES string of the molecule is CCCc1nc(Br)cc(NC(C)C(=O)NCC)n1. The van der Waals surface area contributed by atoms with Crippen molar-refractivity contribution in [3.8, 4) is 0 Å². The van der Waals surface area contributed by atoms with Gasteiger partial charge in [-0.1, -0.05) is 6.92 Å². The average molecular weight is 315 g/mol. The molecule has 0 spiro atoms. The molecule has 6 heteroatoms. The van der Waals surface area contributed by atoms with E-state index in [1.54, 1.807) is 13.0 Å². The van der Waals surface area contributed by atoms with Crippen LogP contribution in [0.3, 0.4) is 0 Å². The number of carbonyl (C=O) groups excluding carboxylic acids is 1. The van der Waals surface area contributed by atoms with E-state index in [1.165, 1.54) is 0 Å². The Balaban J connectivity index is 2.74. The minimum atomic E-state index is -0.318. The number of anilines is 1. The fraction of sp³-hybridized carbons (Fsp3) is 0.583. The van der Waals surface area contributed by atoms with Gasteiger partial charge in [0.15, 0.2) is 0 Å². The molecule has 0 fully saturated rings. The minimum Gasteiger partial charge on any atom is -0.358 e. The fourth-order valence-electron chi connectivity index (χ4n) is 1.49. The maximum absolute atomic E-state index is 11.6. The van der Waals surface area contributed by atoms with Crippen LogP contribution in [-0.4, -0.2) is 28.5 Å². The third kappa shape index (κ3) is 4.60. The van der Waals surface area contributed by atoms with E-state index >= 15 is 0 Å². The van der Waals surface area contributed by atoms with Crippen molar-refractivity contribution >= 4 is 27.7 Å². The number of aryl methyl sites for hydroxylation is 1. The Labute approximate surface area is 116 Å². The number of amides is 1. The van der Waals surface area contributed by atoms with Crippen LogP contribution in [-0.2, 0) is 11.2 Å². The first-order valence-corrected chi connectivity index (χ1v) is 6.93. The summed E-state index contributed by atoms with van der Waals surface area (Å²) < 4.78 is 0.728. The Kier molecular flexibility index (Phi) is 6.04. The van der Waals surface area contributed by atoms with Crippen molar-refractivity contribution in [3.63, 3.8) is 0 Å². The van der Waals surface area contributed by atoms with Gasteiger partial charge in [-0.25, -0.2) is 9.97 Å². The van der Waals surface area contributed by atoms with Crippen LogP contribution >= 0.6 is 15.9 Å². The molecule has 1 atom stereocenters. The first kappa shape index (κ1) is 14.9. The molecule has 1 aromatic heterocycles. The zero-order valence-corrected chi connectivity index (χ0v) is 12.5. The highest BCUT2D eigenvalue weighted by Gasteiger charge is 2.12. The van der Waals surface area contributed by atoms with Gasteiger partial charge in [-0.2, -0.15) is 0 Å². The molecule has 0 radical (unpaired) electrons. The van der Waals surface area contributed by atoms with Gasteiger partial charge in [0, 0.05) is 19.0 Å².